The molecule has 1 aliphatic carbocycles. The highest BCUT2D eigenvalue weighted by atomic mass is 32.1. The van der Waals surface area contributed by atoms with E-state index >= 15 is 0 Å². The Morgan fingerprint density at radius 3 is 2.46 bits per heavy atom. The van der Waals surface area contributed by atoms with E-state index in [0.717, 1.165) is 30.4 Å². The number of hydrogen-bond donors (Lipinski definition) is 0. The highest BCUT2D eigenvalue weighted by Gasteiger charge is 2.31. The van der Waals surface area contributed by atoms with E-state index < -0.39 is 5.41 Å². The van der Waals surface area contributed by atoms with Crippen molar-refractivity contribution in [2.24, 2.45) is 5.41 Å². The summed E-state index contributed by atoms with van der Waals surface area (Å²) >= 11 is 1.38. The van der Waals surface area contributed by atoms with Crippen LogP contribution in [0.1, 0.15) is 75.0 Å². The van der Waals surface area contributed by atoms with E-state index in [1.807, 2.05) is 32.6 Å². The first kappa shape index (κ1) is 21.0. The molecule has 0 atom stereocenters. The lowest BCUT2D eigenvalue weighted by molar-refractivity contribution is -0.133. The fourth-order valence-corrected chi connectivity index (χ4v) is 5.46. The fraction of sp³-hybridized carbons (Fsp3) is 0.565. The molecule has 0 bridgehead atoms. The Morgan fingerprint density at radius 2 is 1.86 bits per heavy atom. The van der Waals surface area contributed by atoms with Crippen LogP contribution in [0.4, 0.5) is 4.39 Å². The number of amides is 1. The molecule has 1 heterocycles. The lowest BCUT2D eigenvalue weighted by atomic mass is 9.87. The van der Waals surface area contributed by atoms with Crippen molar-refractivity contribution >= 4 is 33.1 Å². The normalized spacial score (nSPS) is 15.8. The smallest absolute Gasteiger partial charge is 0.227 e. The van der Waals surface area contributed by atoms with Gasteiger partial charge in [0.05, 0.1) is 11.3 Å². The quantitative estimate of drug-likeness (QED) is 0.575. The maximum Gasteiger partial charge on any atom is 0.227 e. The number of hydrogen-bond acceptors (Lipinski definition) is 3. The van der Waals surface area contributed by atoms with Gasteiger partial charge in [-0.2, -0.15) is 0 Å². The Labute approximate surface area is 170 Å². The van der Waals surface area contributed by atoms with Crippen LogP contribution in [0.5, 0.6) is 0 Å². The highest BCUT2D eigenvalue weighted by Crippen LogP contribution is 2.37. The number of thiophene rings is 1. The molecule has 5 heteroatoms. The average Bonchev–Trinajstić information content (AvgIpc) is 2.99. The molecule has 3 nitrogen and oxygen atoms in total. The Bertz CT molecular complexity index is 875. The van der Waals surface area contributed by atoms with Gasteiger partial charge in [-0.25, -0.2) is 4.39 Å². The molecular formula is C23H30FNO2S. The summed E-state index contributed by atoms with van der Waals surface area (Å²) in [4.78, 5) is 28.8. The third kappa shape index (κ3) is 4.29. The zero-order valence-corrected chi connectivity index (χ0v) is 18.1. The monoisotopic (exact) mass is 403 g/mol. The van der Waals surface area contributed by atoms with E-state index in [4.69, 9.17) is 0 Å². The minimum Gasteiger partial charge on any atom is -0.340 e. The molecule has 0 spiro atoms. The van der Waals surface area contributed by atoms with Gasteiger partial charge in [0.25, 0.3) is 0 Å². The molecule has 1 saturated carbocycles. The van der Waals surface area contributed by atoms with Crippen molar-refractivity contribution in [3.8, 4) is 0 Å². The summed E-state index contributed by atoms with van der Waals surface area (Å²) in [5.41, 5.74) is 0.143. The van der Waals surface area contributed by atoms with Crippen molar-refractivity contribution < 1.29 is 14.0 Å². The van der Waals surface area contributed by atoms with E-state index in [2.05, 4.69) is 0 Å². The number of fused-ring (bicyclic) bond motifs is 1. The van der Waals surface area contributed by atoms with Gasteiger partial charge >= 0.3 is 0 Å². The molecule has 1 fully saturated rings. The van der Waals surface area contributed by atoms with Crippen LogP contribution in [0.2, 0.25) is 0 Å². The highest BCUT2D eigenvalue weighted by molar-refractivity contribution is 7.21. The van der Waals surface area contributed by atoms with Gasteiger partial charge in [-0.1, -0.05) is 40.0 Å². The second-order valence-corrected chi connectivity index (χ2v) is 9.83. The molecule has 28 heavy (non-hydrogen) atoms. The van der Waals surface area contributed by atoms with Crippen LogP contribution in [0.3, 0.4) is 0 Å². The van der Waals surface area contributed by atoms with E-state index in [-0.39, 0.29) is 30.0 Å². The van der Waals surface area contributed by atoms with Crippen molar-refractivity contribution in [1.82, 2.24) is 4.90 Å². The standard InChI is InChI=1S/C23H30FNO2S/c1-5-25(16-9-7-6-8-10-16)20(26)14-18-17-13-15(24)11-12-19(17)28-21(18)22(27)23(2,3)4/h11-13,16H,5-10,14H2,1-4H3. The third-order valence-corrected chi connectivity index (χ3v) is 6.86. The summed E-state index contributed by atoms with van der Waals surface area (Å²) in [5.74, 6) is -0.285. The van der Waals surface area contributed by atoms with Crippen LogP contribution in [0.15, 0.2) is 18.2 Å². The van der Waals surface area contributed by atoms with Crippen LogP contribution in [0, 0.1) is 11.2 Å². The molecule has 152 valence electrons. The van der Waals surface area contributed by atoms with Crippen molar-refractivity contribution in [2.75, 3.05) is 6.54 Å². The predicted molar refractivity (Wildman–Crippen MR) is 114 cm³/mol. The van der Waals surface area contributed by atoms with Crippen molar-refractivity contribution in [3.63, 3.8) is 0 Å². The molecular weight excluding hydrogens is 373 g/mol. The summed E-state index contributed by atoms with van der Waals surface area (Å²) in [6.07, 6.45) is 5.81. The Kier molecular flexibility index (Phi) is 6.23. The largest absolute Gasteiger partial charge is 0.340 e. The third-order valence-electron chi connectivity index (χ3n) is 5.64. The van der Waals surface area contributed by atoms with Crippen LogP contribution < -0.4 is 0 Å². The number of halogens is 1. The van der Waals surface area contributed by atoms with Gasteiger partial charge in [0.1, 0.15) is 5.82 Å². The number of likely N-dealkylation sites (N-methyl/N-ethyl adjacent to an activating group) is 1. The van der Waals surface area contributed by atoms with Crippen LogP contribution >= 0.6 is 11.3 Å². The van der Waals surface area contributed by atoms with E-state index in [1.54, 1.807) is 6.07 Å². The predicted octanol–water partition coefficient (Wildman–Crippen LogP) is 5.99. The molecule has 0 unspecified atom stereocenters. The number of carbonyl (C=O) groups excluding carboxylic acids is 2. The molecule has 1 aromatic heterocycles. The number of carbonyl (C=O) groups is 2. The molecule has 2 aromatic rings. The second-order valence-electron chi connectivity index (χ2n) is 8.78. The first-order valence-corrected chi connectivity index (χ1v) is 11.1. The zero-order valence-electron chi connectivity index (χ0n) is 17.3. The number of nitrogens with zero attached hydrogens (tertiary/aromatic N) is 1. The fourth-order valence-electron chi connectivity index (χ4n) is 4.10. The summed E-state index contributed by atoms with van der Waals surface area (Å²) in [7, 11) is 0. The van der Waals surface area contributed by atoms with Gasteiger partial charge in [-0.3, -0.25) is 9.59 Å². The zero-order chi connectivity index (χ0) is 20.5. The minimum atomic E-state index is -0.551. The lowest BCUT2D eigenvalue weighted by Gasteiger charge is -2.33. The number of rotatable bonds is 5. The Morgan fingerprint density at radius 1 is 1.18 bits per heavy atom. The Hall–Kier alpha value is -1.75. The first-order chi connectivity index (χ1) is 13.2. The molecule has 0 aliphatic heterocycles. The first-order valence-electron chi connectivity index (χ1n) is 10.3. The lowest BCUT2D eigenvalue weighted by Crippen LogP contribution is -2.42. The SMILES string of the molecule is CCN(C(=O)Cc1c(C(=O)C(C)(C)C)sc2ccc(F)cc12)C1CCCCC1. The summed E-state index contributed by atoms with van der Waals surface area (Å²) in [6.45, 7) is 8.33. The summed E-state index contributed by atoms with van der Waals surface area (Å²) in [6, 6.07) is 4.87. The van der Waals surface area contributed by atoms with Crippen LogP contribution in [-0.4, -0.2) is 29.2 Å². The molecule has 3 rings (SSSR count). The molecule has 1 aromatic carbocycles. The van der Waals surface area contributed by atoms with Crippen molar-refractivity contribution in [1.29, 1.82) is 0 Å². The molecule has 1 amide bonds. The number of ketones is 1. The maximum absolute atomic E-state index is 13.9. The second kappa shape index (κ2) is 8.32. The van der Waals surface area contributed by atoms with E-state index in [1.165, 1.54) is 29.9 Å². The van der Waals surface area contributed by atoms with Gasteiger partial charge < -0.3 is 4.90 Å². The average molecular weight is 404 g/mol. The van der Waals surface area contributed by atoms with Crippen molar-refractivity contribution in [3.05, 3.63) is 34.5 Å². The molecule has 0 saturated heterocycles. The van der Waals surface area contributed by atoms with Crippen molar-refractivity contribution in [2.45, 2.75) is 72.3 Å². The van der Waals surface area contributed by atoms with Crippen LogP contribution in [-0.2, 0) is 11.2 Å². The van der Waals surface area contributed by atoms with Gasteiger partial charge in [-0.05, 0) is 48.9 Å². The van der Waals surface area contributed by atoms with E-state index in [9.17, 15) is 14.0 Å². The molecule has 0 N–H and O–H groups in total. The number of Topliss-reactive ketones (excluding diaryl/α,β-unsaturated/α-hetero) is 1. The topological polar surface area (TPSA) is 37.4 Å². The van der Waals surface area contributed by atoms with Crippen LogP contribution in [0.25, 0.3) is 10.1 Å². The summed E-state index contributed by atoms with van der Waals surface area (Å²) < 4.78 is 14.8. The van der Waals surface area contributed by atoms with Gasteiger partial charge in [-0.15, -0.1) is 11.3 Å². The van der Waals surface area contributed by atoms with Gasteiger partial charge in [0.15, 0.2) is 5.78 Å². The minimum absolute atomic E-state index is 0.0117. The Balaban J connectivity index is 1.99. The van der Waals surface area contributed by atoms with Gasteiger partial charge in [0.2, 0.25) is 5.91 Å². The number of benzene rings is 1. The summed E-state index contributed by atoms with van der Waals surface area (Å²) in [5, 5.41) is 0.700. The van der Waals surface area contributed by atoms with Gasteiger partial charge in [0, 0.05) is 22.7 Å². The molecule has 1 aliphatic rings. The maximum atomic E-state index is 13.9. The molecule has 0 radical (unpaired) electrons. The van der Waals surface area contributed by atoms with E-state index in [0.29, 0.717) is 22.4 Å².